The number of aliphatic hydroxyl groups is 1. The highest BCUT2D eigenvalue weighted by molar-refractivity contribution is 8.00. The lowest BCUT2D eigenvalue weighted by Gasteiger charge is -2.40. The molecule has 0 bridgehead atoms. The van der Waals surface area contributed by atoms with E-state index in [9.17, 15) is 13.2 Å². The third-order valence-corrected chi connectivity index (χ3v) is 6.97. The van der Waals surface area contributed by atoms with Crippen LogP contribution in [0.5, 0.6) is 0 Å². The number of anilines is 1. The molecule has 0 heterocycles. The van der Waals surface area contributed by atoms with E-state index < -0.39 is 12.0 Å². The van der Waals surface area contributed by atoms with E-state index in [2.05, 4.69) is 44.3 Å². The Hall–Kier alpha value is -2.48. The molecule has 0 unspecified atom stereocenters. The molecule has 2 aromatic rings. The summed E-state index contributed by atoms with van der Waals surface area (Å²) in [6.45, 7) is 12.3. The van der Waals surface area contributed by atoms with E-state index in [0.717, 1.165) is 41.9 Å². The second kappa shape index (κ2) is 10.9. The fourth-order valence-electron chi connectivity index (χ4n) is 3.66. The predicted molar refractivity (Wildman–Crippen MR) is 131 cm³/mol. The van der Waals surface area contributed by atoms with Crippen LogP contribution in [0.2, 0.25) is 0 Å². The summed E-state index contributed by atoms with van der Waals surface area (Å²) in [7, 11) is 0. The topological polar surface area (TPSA) is 48.2 Å². The molecule has 0 aromatic heterocycles. The Morgan fingerprint density at radius 2 is 1.81 bits per heavy atom. The minimum absolute atomic E-state index is 0.00421. The number of fused-ring (bicyclic) bond motifs is 1. The molecule has 0 saturated heterocycles. The number of benzene rings is 2. The Morgan fingerprint density at radius 3 is 2.28 bits per heavy atom. The number of nitrogens with zero attached hydrogens (tertiary/aromatic N) is 3. The summed E-state index contributed by atoms with van der Waals surface area (Å²) < 4.78 is 41.7. The van der Waals surface area contributed by atoms with Crippen LogP contribution >= 0.6 is 11.8 Å². The van der Waals surface area contributed by atoms with Gasteiger partial charge >= 0.3 is 6.18 Å². The first-order chi connectivity index (χ1) is 15.1. The summed E-state index contributed by atoms with van der Waals surface area (Å²) in [5.41, 5.74) is 1.59. The molecule has 3 rings (SSSR count). The number of hydrogen-bond donors (Lipinski definition) is 1. The van der Waals surface area contributed by atoms with Crippen LogP contribution in [-0.4, -0.2) is 34.5 Å². The number of hydrogen-bond acceptors (Lipinski definition) is 4. The van der Waals surface area contributed by atoms with E-state index >= 15 is 0 Å². The summed E-state index contributed by atoms with van der Waals surface area (Å²) in [6, 6.07) is 11.3. The zero-order chi connectivity index (χ0) is 23.9. The van der Waals surface area contributed by atoms with E-state index in [0.29, 0.717) is 5.69 Å². The van der Waals surface area contributed by atoms with Crippen LogP contribution in [0.4, 0.5) is 18.9 Å². The monoisotopic (exact) mass is 465 g/mol. The van der Waals surface area contributed by atoms with Crippen molar-refractivity contribution in [2.75, 3.05) is 10.8 Å². The van der Waals surface area contributed by atoms with Crippen molar-refractivity contribution < 1.29 is 18.3 Å². The lowest BCUT2D eigenvalue weighted by atomic mass is 9.86. The van der Waals surface area contributed by atoms with Crippen molar-refractivity contribution in [3.63, 3.8) is 0 Å². The number of halogens is 3. The van der Waals surface area contributed by atoms with Gasteiger partial charge in [-0.25, -0.2) is 0 Å². The second-order valence-electron chi connectivity index (χ2n) is 8.12. The molecule has 2 aromatic carbocycles. The third kappa shape index (κ3) is 6.06. The maximum Gasteiger partial charge on any atom is 0.451 e. The molecule has 174 valence electrons. The van der Waals surface area contributed by atoms with Crippen molar-refractivity contribution in [2.24, 2.45) is 10.2 Å². The Bertz CT molecular complexity index is 969. The average Bonchev–Trinajstić information content (AvgIpc) is 2.71. The van der Waals surface area contributed by atoms with Crippen LogP contribution in [0, 0.1) is 0 Å². The van der Waals surface area contributed by atoms with E-state index in [1.165, 1.54) is 4.90 Å². The van der Waals surface area contributed by atoms with Crippen molar-refractivity contribution in [1.82, 2.24) is 0 Å². The Morgan fingerprint density at radius 1 is 1.22 bits per heavy atom. The quantitative estimate of drug-likeness (QED) is 0.157. The molecule has 0 aliphatic heterocycles. The van der Waals surface area contributed by atoms with Gasteiger partial charge < -0.3 is 10.0 Å². The van der Waals surface area contributed by atoms with Gasteiger partial charge in [0.15, 0.2) is 0 Å². The summed E-state index contributed by atoms with van der Waals surface area (Å²) in [4.78, 5) is 1.25. The molecular weight excluding hydrogens is 435 g/mol. The lowest BCUT2D eigenvalue weighted by molar-refractivity contribution is -0.0602. The molecule has 1 N–H and O–H groups in total. The maximum atomic E-state index is 13.9. The number of rotatable bonds is 6. The largest absolute Gasteiger partial charge is 0.516 e. The fraction of sp³-hybridized carbons (Fsp3) is 0.417. The highest BCUT2D eigenvalue weighted by Crippen LogP contribution is 2.45. The Balaban J connectivity index is 0.00000114. The van der Waals surface area contributed by atoms with Crippen molar-refractivity contribution in [3.8, 4) is 0 Å². The molecule has 0 amide bonds. The van der Waals surface area contributed by atoms with E-state index in [-0.39, 0.29) is 16.5 Å². The molecule has 0 atom stereocenters. The standard InChI is InChI=1S/C22H26F3N3S.C2H4O/c1-15(2)16-10-11-19(18-9-6-5-8-17(16)18)28(14-29-21(3)12-7-13-21)20(27-26-4)22(23,24)25;1-2-3/h5-6,8-11,15H,4,7,12-14H2,1-3H3;2-3H,1H2/b27-20-;. The van der Waals surface area contributed by atoms with Gasteiger partial charge in [0.05, 0.1) is 17.8 Å². The van der Waals surface area contributed by atoms with Crippen LogP contribution in [0.15, 0.2) is 59.4 Å². The van der Waals surface area contributed by atoms with Gasteiger partial charge in [-0.15, -0.1) is 16.9 Å². The van der Waals surface area contributed by atoms with Gasteiger partial charge in [-0.1, -0.05) is 64.1 Å². The van der Waals surface area contributed by atoms with Gasteiger partial charge in [-0.3, -0.25) is 0 Å². The highest BCUT2D eigenvalue weighted by atomic mass is 32.2. The summed E-state index contributed by atoms with van der Waals surface area (Å²) in [6.07, 6.45) is -0.752. The predicted octanol–water partition coefficient (Wildman–Crippen LogP) is 7.67. The van der Waals surface area contributed by atoms with Gasteiger partial charge in [-0.2, -0.15) is 18.3 Å². The normalized spacial score (nSPS) is 15.5. The molecule has 1 aliphatic carbocycles. The number of alkyl halides is 3. The molecular formula is C24H30F3N3OS. The van der Waals surface area contributed by atoms with Gasteiger partial charge in [-0.05, 0) is 35.8 Å². The first kappa shape index (κ1) is 25.8. The van der Waals surface area contributed by atoms with Crippen molar-refractivity contribution in [3.05, 3.63) is 54.8 Å². The molecule has 1 aliphatic rings. The first-order valence-corrected chi connectivity index (χ1v) is 11.4. The third-order valence-electron chi connectivity index (χ3n) is 5.48. The SMILES string of the molecule is C=CO.C=N/N=C(\N(CSC1(C)CCC1)c1ccc(C(C)C)c2ccccc12)C(F)(F)F. The van der Waals surface area contributed by atoms with Crippen molar-refractivity contribution in [2.45, 2.75) is 56.9 Å². The number of aliphatic hydroxyl groups excluding tert-OH is 1. The smallest absolute Gasteiger partial charge is 0.451 e. The van der Waals surface area contributed by atoms with Crippen LogP contribution in [0.25, 0.3) is 10.8 Å². The Kier molecular flexibility index (Phi) is 8.78. The molecule has 1 saturated carbocycles. The minimum Gasteiger partial charge on any atom is -0.516 e. The molecule has 32 heavy (non-hydrogen) atoms. The van der Waals surface area contributed by atoms with Crippen LogP contribution in [-0.2, 0) is 0 Å². The summed E-state index contributed by atoms with van der Waals surface area (Å²) >= 11 is 1.54. The van der Waals surface area contributed by atoms with Crippen LogP contribution in [0.1, 0.15) is 51.5 Å². The Labute approximate surface area is 191 Å². The fourth-order valence-corrected chi connectivity index (χ4v) is 4.94. The highest BCUT2D eigenvalue weighted by Gasteiger charge is 2.42. The van der Waals surface area contributed by atoms with Gasteiger partial charge in [0, 0.05) is 16.9 Å². The molecule has 0 spiro atoms. The van der Waals surface area contributed by atoms with Crippen molar-refractivity contribution in [1.29, 1.82) is 0 Å². The lowest BCUT2D eigenvalue weighted by Crippen LogP contribution is -2.43. The number of amidine groups is 1. The van der Waals surface area contributed by atoms with E-state index in [1.807, 2.05) is 30.3 Å². The summed E-state index contributed by atoms with van der Waals surface area (Å²) in [5.74, 6) is -0.628. The van der Waals surface area contributed by atoms with E-state index in [1.54, 1.807) is 17.8 Å². The molecule has 0 radical (unpaired) electrons. The first-order valence-electron chi connectivity index (χ1n) is 10.4. The van der Waals surface area contributed by atoms with Gasteiger partial charge in [0.1, 0.15) is 0 Å². The van der Waals surface area contributed by atoms with Gasteiger partial charge in [0.25, 0.3) is 0 Å². The zero-order valence-electron chi connectivity index (χ0n) is 18.7. The zero-order valence-corrected chi connectivity index (χ0v) is 19.5. The minimum atomic E-state index is -4.64. The van der Waals surface area contributed by atoms with E-state index in [4.69, 9.17) is 5.11 Å². The molecule has 1 fully saturated rings. The molecule has 8 heteroatoms. The van der Waals surface area contributed by atoms with Gasteiger partial charge in [0.2, 0.25) is 5.84 Å². The van der Waals surface area contributed by atoms with Crippen LogP contribution in [0.3, 0.4) is 0 Å². The van der Waals surface area contributed by atoms with Crippen molar-refractivity contribution >= 4 is 40.8 Å². The second-order valence-corrected chi connectivity index (χ2v) is 9.66. The van der Waals surface area contributed by atoms with Crippen LogP contribution < -0.4 is 4.90 Å². The summed E-state index contributed by atoms with van der Waals surface area (Å²) in [5, 5.41) is 15.7. The maximum absolute atomic E-state index is 13.9. The average molecular weight is 466 g/mol. The number of thioether (sulfide) groups is 1. The molecule has 4 nitrogen and oxygen atoms in total.